The van der Waals surface area contributed by atoms with Gasteiger partial charge in [0.05, 0.1) is 23.1 Å². The van der Waals surface area contributed by atoms with Crippen LogP contribution in [0.4, 0.5) is 15.8 Å². The van der Waals surface area contributed by atoms with Crippen molar-refractivity contribution < 1.29 is 9.13 Å². The third-order valence-corrected chi connectivity index (χ3v) is 5.97. The van der Waals surface area contributed by atoms with Crippen LogP contribution in [0.1, 0.15) is 0 Å². The van der Waals surface area contributed by atoms with Gasteiger partial charge < -0.3 is 15.4 Å². The van der Waals surface area contributed by atoms with Crippen LogP contribution in [0.25, 0.3) is 22.2 Å². The summed E-state index contributed by atoms with van der Waals surface area (Å²) in [6.45, 7) is 5.69. The molecule has 3 heterocycles. The molecule has 1 fully saturated rings. The lowest BCUT2D eigenvalue weighted by Gasteiger charge is -2.26. The smallest absolute Gasteiger partial charge is 0.132 e. The van der Waals surface area contributed by atoms with Gasteiger partial charge in [-0.3, -0.25) is 9.88 Å². The molecule has 2 aromatic heterocycles. The van der Waals surface area contributed by atoms with Crippen LogP contribution in [0.5, 0.6) is 5.75 Å². The summed E-state index contributed by atoms with van der Waals surface area (Å²) in [5, 5.41) is 16.2. The van der Waals surface area contributed by atoms with Gasteiger partial charge in [-0.25, -0.2) is 4.39 Å². The summed E-state index contributed by atoms with van der Waals surface area (Å²) in [6, 6.07) is 13.9. The summed E-state index contributed by atoms with van der Waals surface area (Å²) >= 11 is 6.03. The Morgan fingerprint density at radius 3 is 2.85 bits per heavy atom. The molecule has 1 aliphatic heterocycles. The summed E-state index contributed by atoms with van der Waals surface area (Å²) in [5.74, 6) is 0.381. The molecule has 4 aromatic rings. The van der Waals surface area contributed by atoms with Crippen molar-refractivity contribution in [3.05, 3.63) is 71.8 Å². The van der Waals surface area contributed by atoms with Crippen LogP contribution >= 0.6 is 11.6 Å². The minimum atomic E-state index is -0.408. The highest BCUT2D eigenvalue weighted by Gasteiger charge is 2.11. The number of nitrogens with zero attached hydrogens (tertiary/aromatic N) is 4. The molecule has 1 aliphatic rings. The van der Waals surface area contributed by atoms with E-state index < -0.39 is 5.82 Å². The van der Waals surface area contributed by atoms with Crippen molar-refractivity contribution in [3.8, 4) is 17.0 Å². The first-order valence-electron chi connectivity index (χ1n) is 11.2. The fraction of sp³-hybridized carbons (Fsp3) is 0.240. The lowest BCUT2D eigenvalue weighted by atomic mass is 10.1. The van der Waals surface area contributed by atoms with E-state index in [4.69, 9.17) is 16.3 Å². The van der Waals surface area contributed by atoms with Crippen LogP contribution in [0.2, 0.25) is 5.02 Å². The second kappa shape index (κ2) is 10.3. The third-order valence-electron chi connectivity index (χ3n) is 5.74. The molecule has 2 aromatic carbocycles. The van der Waals surface area contributed by atoms with E-state index in [9.17, 15) is 4.39 Å². The lowest BCUT2D eigenvalue weighted by molar-refractivity contribution is 0.191. The predicted molar refractivity (Wildman–Crippen MR) is 132 cm³/mol. The molecular weight excluding hydrogens is 455 g/mol. The molecule has 0 aliphatic carbocycles. The average Bonchev–Trinajstić information content (AvgIpc) is 2.86. The number of halogens is 2. The maximum Gasteiger partial charge on any atom is 0.132 e. The van der Waals surface area contributed by atoms with Gasteiger partial charge in [-0.05, 0) is 42.5 Å². The van der Waals surface area contributed by atoms with Gasteiger partial charge in [-0.1, -0.05) is 11.6 Å². The maximum absolute atomic E-state index is 14.3. The maximum atomic E-state index is 14.3. The van der Waals surface area contributed by atoms with Crippen LogP contribution in [0, 0.1) is 5.82 Å². The molecule has 0 atom stereocenters. The van der Waals surface area contributed by atoms with Gasteiger partial charge >= 0.3 is 0 Å². The van der Waals surface area contributed by atoms with Crippen molar-refractivity contribution in [2.75, 3.05) is 44.6 Å². The second-order valence-electron chi connectivity index (χ2n) is 8.06. The first-order valence-corrected chi connectivity index (χ1v) is 11.5. The lowest BCUT2D eigenvalue weighted by Crippen LogP contribution is -2.44. The summed E-state index contributed by atoms with van der Waals surface area (Å²) in [4.78, 5) is 6.89. The van der Waals surface area contributed by atoms with Gasteiger partial charge in [0.15, 0.2) is 0 Å². The molecule has 7 nitrogen and oxygen atoms in total. The molecule has 0 amide bonds. The van der Waals surface area contributed by atoms with Gasteiger partial charge in [-0.2, -0.15) is 10.2 Å². The number of ether oxygens (including phenoxy) is 1. The Balaban J connectivity index is 1.32. The monoisotopic (exact) mass is 478 g/mol. The minimum Gasteiger partial charge on any atom is -0.492 e. The third kappa shape index (κ3) is 5.25. The standard InChI is InChI=1S/C25H24ClFN6O/c26-17-1-4-22(27)21(13-17)25-14-18(16-30-32-25)31-23-5-6-29-24-15-19(2-3-20(23)24)34-12-11-33-9-7-28-8-10-33/h1-6,13-16,28H,7-12H2,(H,29,31,32). The van der Waals surface area contributed by atoms with Gasteiger partial charge in [0.2, 0.25) is 0 Å². The van der Waals surface area contributed by atoms with Gasteiger partial charge in [0.1, 0.15) is 18.2 Å². The topological polar surface area (TPSA) is 75.2 Å². The zero-order valence-electron chi connectivity index (χ0n) is 18.5. The van der Waals surface area contributed by atoms with Gasteiger partial charge in [0, 0.05) is 66.6 Å². The number of hydrogen-bond acceptors (Lipinski definition) is 7. The first-order chi connectivity index (χ1) is 16.7. The van der Waals surface area contributed by atoms with Crippen LogP contribution in [-0.2, 0) is 0 Å². The van der Waals surface area contributed by atoms with Crippen LogP contribution in [0.3, 0.4) is 0 Å². The zero-order chi connectivity index (χ0) is 23.3. The fourth-order valence-electron chi connectivity index (χ4n) is 3.97. The molecule has 5 rings (SSSR count). The SMILES string of the molecule is Fc1ccc(Cl)cc1-c1cc(Nc2ccnc3cc(OCCN4CCNCC4)ccc23)cnn1. The van der Waals surface area contributed by atoms with Crippen molar-refractivity contribution in [3.63, 3.8) is 0 Å². The van der Waals surface area contributed by atoms with E-state index in [1.54, 1.807) is 18.5 Å². The average molecular weight is 479 g/mol. The summed E-state index contributed by atoms with van der Waals surface area (Å²) in [6.07, 6.45) is 3.33. The van der Waals surface area contributed by atoms with Crippen LogP contribution in [0.15, 0.2) is 60.9 Å². The number of pyridine rings is 1. The highest BCUT2D eigenvalue weighted by Crippen LogP contribution is 2.30. The first kappa shape index (κ1) is 22.5. The molecule has 0 unspecified atom stereocenters. The molecule has 0 radical (unpaired) electrons. The van der Waals surface area contributed by atoms with Crippen molar-refractivity contribution >= 4 is 33.9 Å². The fourth-order valence-corrected chi connectivity index (χ4v) is 4.14. The van der Waals surface area contributed by atoms with E-state index in [1.165, 1.54) is 18.2 Å². The zero-order valence-corrected chi connectivity index (χ0v) is 19.2. The van der Waals surface area contributed by atoms with Crippen molar-refractivity contribution in [1.29, 1.82) is 0 Å². The number of anilines is 2. The number of piperazine rings is 1. The van der Waals surface area contributed by atoms with Crippen LogP contribution < -0.4 is 15.4 Å². The molecule has 9 heteroatoms. The molecule has 0 saturated carbocycles. The van der Waals surface area contributed by atoms with Crippen molar-refractivity contribution in [2.24, 2.45) is 0 Å². The largest absolute Gasteiger partial charge is 0.492 e. The summed E-state index contributed by atoms with van der Waals surface area (Å²) in [5.41, 5.74) is 3.03. The Kier molecular flexibility index (Phi) is 6.80. The minimum absolute atomic E-state index is 0.297. The number of benzene rings is 2. The quantitative estimate of drug-likeness (QED) is 0.404. The number of nitrogens with one attached hydrogen (secondary N) is 2. The molecule has 0 bridgehead atoms. The Morgan fingerprint density at radius 1 is 1.09 bits per heavy atom. The van der Waals surface area contributed by atoms with E-state index in [0.717, 1.165) is 55.1 Å². The van der Waals surface area contributed by atoms with Gasteiger partial charge in [-0.15, -0.1) is 0 Å². The predicted octanol–water partition coefficient (Wildman–Crippen LogP) is 4.51. The Bertz CT molecular complexity index is 1300. The second-order valence-corrected chi connectivity index (χ2v) is 8.49. The van der Waals surface area contributed by atoms with Crippen molar-refractivity contribution in [2.45, 2.75) is 0 Å². The van der Waals surface area contributed by atoms with E-state index in [-0.39, 0.29) is 0 Å². The number of rotatable bonds is 7. The Labute approximate surface area is 201 Å². The number of hydrogen-bond donors (Lipinski definition) is 2. The normalized spacial score (nSPS) is 14.3. The summed E-state index contributed by atoms with van der Waals surface area (Å²) < 4.78 is 20.3. The molecule has 174 valence electrons. The molecule has 0 spiro atoms. The van der Waals surface area contributed by atoms with Crippen molar-refractivity contribution in [1.82, 2.24) is 25.4 Å². The Hall–Kier alpha value is -3.33. The van der Waals surface area contributed by atoms with E-state index in [0.29, 0.717) is 28.6 Å². The summed E-state index contributed by atoms with van der Waals surface area (Å²) in [7, 11) is 0. The van der Waals surface area contributed by atoms with E-state index in [1.807, 2.05) is 24.3 Å². The molecular formula is C25H24ClFN6O. The van der Waals surface area contributed by atoms with E-state index in [2.05, 4.69) is 30.7 Å². The highest BCUT2D eigenvalue weighted by atomic mass is 35.5. The Morgan fingerprint density at radius 2 is 1.97 bits per heavy atom. The molecule has 1 saturated heterocycles. The molecule has 34 heavy (non-hydrogen) atoms. The molecule has 2 N–H and O–H groups in total. The highest BCUT2D eigenvalue weighted by molar-refractivity contribution is 6.30. The van der Waals surface area contributed by atoms with Crippen LogP contribution in [-0.4, -0.2) is 59.4 Å². The number of aromatic nitrogens is 3. The van der Waals surface area contributed by atoms with Gasteiger partial charge in [0.25, 0.3) is 0 Å². The van der Waals surface area contributed by atoms with E-state index >= 15 is 0 Å². The number of fused-ring (bicyclic) bond motifs is 1.